The second-order valence-electron chi connectivity index (χ2n) is 5.88. The molecule has 1 N–H and O–H groups in total. The highest BCUT2D eigenvalue weighted by Crippen LogP contribution is 2.32. The Morgan fingerprint density at radius 3 is 2.60 bits per heavy atom. The molecule has 1 aliphatic rings. The maximum atomic E-state index is 12.0. The van der Waals surface area contributed by atoms with E-state index >= 15 is 0 Å². The molecule has 0 spiro atoms. The van der Waals surface area contributed by atoms with Crippen LogP contribution in [0.25, 0.3) is 0 Å². The summed E-state index contributed by atoms with van der Waals surface area (Å²) in [4.78, 5) is 12.0. The van der Waals surface area contributed by atoms with Crippen molar-refractivity contribution in [1.82, 2.24) is 5.32 Å². The van der Waals surface area contributed by atoms with E-state index in [1.807, 2.05) is 20.8 Å². The summed E-state index contributed by atoms with van der Waals surface area (Å²) in [7, 11) is 0. The summed E-state index contributed by atoms with van der Waals surface area (Å²) in [6.45, 7) is 8.70. The van der Waals surface area contributed by atoms with Crippen molar-refractivity contribution in [3.05, 3.63) is 0 Å². The van der Waals surface area contributed by atoms with Crippen LogP contribution in [0, 0.1) is 5.92 Å². The molecular weight excluding hydrogens is 254 g/mol. The summed E-state index contributed by atoms with van der Waals surface area (Å²) in [5, 5.41) is 3.25. The van der Waals surface area contributed by atoms with E-state index in [9.17, 15) is 4.79 Å². The first kappa shape index (κ1) is 17.4. The SMILES string of the molecule is CCNC(C)(CCCCOCCC1CC1)C(=O)OCC. The quantitative estimate of drug-likeness (QED) is 0.442. The lowest BCUT2D eigenvalue weighted by Crippen LogP contribution is -2.50. The molecule has 0 amide bonds. The molecule has 0 aromatic carbocycles. The third kappa shape index (κ3) is 6.71. The van der Waals surface area contributed by atoms with Gasteiger partial charge >= 0.3 is 5.97 Å². The fourth-order valence-electron chi connectivity index (χ4n) is 2.38. The lowest BCUT2D eigenvalue weighted by atomic mass is 9.95. The summed E-state index contributed by atoms with van der Waals surface area (Å²) < 4.78 is 10.8. The highest BCUT2D eigenvalue weighted by molar-refractivity contribution is 5.80. The predicted molar refractivity (Wildman–Crippen MR) is 80.7 cm³/mol. The van der Waals surface area contributed by atoms with Gasteiger partial charge in [-0.3, -0.25) is 4.79 Å². The van der Waals surface area contributed by atoms with Crippen molar-refractivity contribution < 1.29 is 14.3 Å². The van der Waals surface area contributed by atoms with Crippen LogP contribution in [0.15, 0.2) is 0 Å². The molecule has 0 aromatic rings. The normalized spacial score (nSPS) is 17.8. The van der Waals surface area contributed by atoms with Gasteiger partial charge in [0.2, 0.25) is 0 Å². The number of ether oxygens (including phenoxy) is 2. The van der Waals surface area contributed by atoms with Crippen molar-refractivity contribution in [3.8, 4) is 0 Å². The minimum atomic E-state index is -0.557. The van der Waals surface area contributed by atoms with Gasteiger partial charge in [-0.25, -0.2) is 0 Å². The zero-order valence-electron chi connectivity index (χ0n) is 13.4. The average molecular weight is 285 g/mol. The van der Waals surface area contributed by atoms with Crippen LogP contribution in [0.4, 0.5) is 0 Å². The summed E-state index contributed by atoms with van der Waals surface area (Å²) in [5.41, 5.74) is -0.557. The minimum absolute atomic E-state index is 0.142. The Balaban J connectivity index is 2.11. The topological polar surface area (TPSA) is 47.6 Å². The highest BCUT2D eigenvalue weighted by Gasteiger charge is 2.32. The lowest BCUT2D eigenvalue weighted by Gasteiger charge is -2.28. The number of likely N-dealkylation sites (N-methyl/N-ethyl adjacent to an activating group) is 1. The van der Waals surface area contributed by atoms with Gasteiger partial charge in [0.05, 0.1) is 6.61 Å². The molecule has 0 radical (unpaired) electrons. The van der Waals surface area contributed by atoms with Crippen molar-refractivity contribution in [2.75, 3.05) is 26.4 Å². The van der Waals surface area contributed by atoms with Crippen LogP contribution in [-0.2, 0) is 14.3 Å². The van der Waals surface area contributed by atoms with Crippen molar-refractivity contribution in [3.63, 3.8) is 0 Å². The molecule has 4 nitrogen and oxygen atoms in total. The standard InChI is InChI=1S/C16H31NO3/c1-4-17-16(3,15(18)20-5-2)11-6-7-12-19-13-10-14-8-9-14/h14,17H,4-13H2,1-3H3. The zero-order valence-corrected chi connectivity index (χ0v) is 13.4. The summed E-state index contributed by atoms with van der Waals surface area (Å²) in [5.74, 6) is 0.798. The number of carbonyl (C=O) groups is 1. The first-order valence-electron chi connectivity index (χ1n) is 8.12. The molecule has 1 fully saturated rings. The minimum Gasteiger partial charge on any atom is -0.465 e. The zero-order chi connectivity index (χ0) is 14.8. The monoisotopic (exact) mass is 285 g/mol. The van der Waals surface area contributed by atoms with Gasteiger partial charge < -0.3 is 14.8 Å². The van der Waals surface area contributed by atoms with E-state index in [1.54, 1.807) is 0 Å². The predicted octanol–water partition coefficient (Wildman–Crippen LogP) is 2.90. The van der Waals surface area contributed by atoms with Crippen molar-refractivity contribution >= 4 is 5.97 Å². The summed E-state index contributed by atoms with van der Waals surface area (Å²) in [6, 6.07) is 0. The number of carbonyl (C=O) groups excluding carboxylic acids is 1. The molecule has 1 saturated carbocycles. The Kier molecular flexibility index (Phi) is 8.15. The van der Waals surface area contributed by atoms with Crippen molar-refractivity contribution in [1.29, 1.82) is 0 Å². The molecule has 1 rings (SSSR count). The van der Waals surface area contributed by atoms with Crippen LogP contribution in [0.3, 0.4) is 0 Å². The first-order valence-corrected chi connectivity index (χ1v) is 8.12. The number of hydrogen-bond acceptors (Lipinski definition) is 4. The van der Waals surface area contributed by atoms with E-state index in [0.717, 1.165) is 44.9 Å². The van der Waals surface area contributed by atoms with Gasteiger partial charge in [-0.05, 0) is 52.0 Å². The van der Waals surface area contributed by atoms with Crippen LogP contribution in [0.1, 0.15) is 59.3 Å². The van der Waals surface area contributed by atoms with Crippen molar-refractivity contribution in [2.45, 2.75) is 64.8 Å². The van der Waals surface area contributed by atoms with E-state index in [0.29, 0.717) is 6.61 Å². The molecule has 1 aliphatic carbocycles. The van der Waals surface area contributed by atoms with Crippen LogP contribution >= 0.6 is 0 Å². The number of nitrogens with one attached hydrogen (secondary N) is 1. The number of rotatable bonds is 12. The number of esters is 1. The van der Waals surface area contributed by atoms with E-state index in [-0.39, 0.29) is 5.97 Å². The van der Waals surface area contributed by atoms with Crippen LogP contribution in [-0.4, -0.2) is 37.9 Å². The number of unbranched alkanes of at least 4 members (excludes halogenated alkanes) is 1. The number of hydrogen-bond donors (Lipinski definition) is 1. The molecule has 4 heteroatoms. The average Bonchev–Trinajstić information content (AvgIpc) is 3.22. The smallest absolute Gasteiger partial charge is 0.326 e. The Bertz CT molecular complexity index is 279. The largest absolute Gasteiger partial charge is 0.465 e. The molecule has 0 aromatic heterocycles. The Morgan fingerprint density at radius 2 is 2.00 bits per heavy atom. The molecule has 1 unspecified atom stereocenters. The fourth-order valence-corrected chi connectivity index (χ4v) is 2.38. The van der Waals surface area contributed by atoms with Gasteiger partial charge in [0.1, 0.15) is 5.54 Å². The second kappa shape index (κ2) is 9.35. The lowest BCUT2D eigenvalue weighted by molar-refractivity contribution is -0.150. The van der Waals surface area contributed by atoms with Gasteiger partial charge in [0.15, 0.2) is 0 Å². The van der Waals surface area contributed by atoms with Gasteiger partial charge in [-0.15, -0.1) is 0 Å². The maximum absolute atomic E-state index is 12.0. The summed E-state index contributed by atoms with van der Waals surface area (Å²) >= 11 is 0. The van der Waals surface area contributed by atoms with Crippen LogP contribution < -0.4 is 5.32 Å². The Morgan fingerprint density at radius 1 is 1.25 bits per heavy atom. The van der Waals surface area contributed by atoms with Crippen LogP contribution in [0.2, 0.25) is 0 Å². The molecule has 0 bridgehead atoms. The van der Waals surface area contributed by atoms with Crippen LogP contribution in [0.5, 0.6) is 0 Å². The molecule has 0 saturated heterocycles. The second-order valence-corrected chi connectivity index (χ2v) is 5.88. The third-order valence-corrected chi connectivity index (χ3v) is 3.88. The summed E-state index contributed by atoms with van der Waals surface area (Å²) in [6.07, 6.45) is 6.79. The molecule has 1 atom stereocenters. The molecule has 0 heterocycles. The van der Waals surface area contributed by atoms with Gasteiger partial charge in [0.25, 0.3) is 0 Å². The van der Waals surface area contributed by atoms with Gasteiger partial charge in [-0.2, -0.15) is 0 Å². The molecule has 20 heavy (non-hydrogen) atoms. The molecule has 0 aliphatic heterocycles. The highest BCUT2D eigenvalue weighted by atomic mass is 16.5. The first-order chi connectivity index (χ1) is 9.62. The van der Waals surface area contributed by atoms with E-state index in [4.69, 9.17) is 9.47 Å². The van der Waals surface area contributed by atoms with Crippen molar-refractivity contribution in [2.24, 2.45) is 5.92 Å². The third-order valence-electron chi connectivity index (χ3n) is 3.88. The maximum Gasteiger partial charge on any atom is 0.326 e. The van der Waals surface area contributed by atoms with E-state index in [1.165, 1.54) is 19.3 Å². The Labute approximate surface area is 123 Å². The fraction of sp³-hybridized carbons (Fsp3) is 0.938. The van der Waals surface area contributed by atoms with Gasteiger partial charge in [0, 0.05) is 13.2 Å². The molecular formula is C16H31NO3. The Hall–Kier alpha value is -0.610. The van der Waals surface area contributed by atoms with Gasteiger partial charge in [-0.1, -0.05) is 19.8 Å². The van der Waals surface area contributed by atoms with E-state index in [2.05, 4.69) is 5.32 Å². The van der Waals surface area contributed by atoms with E-state index < -0.39 is 5.54 Å². The molecule has 118 valence electrons.